The number of hydrogen-bond donors (Lipinski definition) is 0. The minimum absolute atomic E-state index is 1.13. The van der Waals surface area contributed by atoms with E-state index >= 15 is 0 Å². The summed E-state index contributed by atoms with van der Waals surface area (Å²) < 4.78 is 4.55. The summed E-state index contributed by atoms with van der Waals surface area (Å²) in [7, 11) is 4.27. The normalized spacial score (nSPS) is 11.2. The van der Waals surface area contributed by atoms with E-state index in [1.807, 2.05) is 0 Å². The third-order valence-electron chi connectivity index (χ3n) is 9.83. The highest BCUT2D eigenvalue weighted by molar-refractivity contribution is 5.93. The van der Waals surface area contributed by atoms with Crippen LogP contribution in [0, 0.1) is 13.8 Å². The lowest BCUT2D eigenvalue weighted by atomic mass is 10.0. The van der Waals surface area contributed by atoms with Gasteiger partial charge in [0.05, 0.1) is 22.1 Å². The molecule has 0 fully saturated rings. The van der Waals surface area contributed by atoms with Crippen molar-refractivity contribution in [3.05, 3.63) is 181 Å². The number of nitrogens with zero attached hydrogens (tertiary/aromatic N) is 4. The van der Waals surface area contributed by atoms with E-state index in [9.17, 15) is 0 Å². The molecule has 0 aliphatic heterocycles. The van der Waals surface area contributed by atoms with Crippen molar-refractivity contribution in [2.24, 2.45) is 0 Å². The van der Waals surface area contributed by atoms with Crippen LogP contribution in [0.1, 0.15) is 11.1 Å². The van der Waals surface area contributed by atoms with Crippen LogP contribution >= 0.6 is 0 Å². The summed E-state index contributed by atoms with van der Waals surface area (Å²) in [4.78, 5) is 4.52. The number of fused-ring (bicyclic) bond motifs is 2. The molecule has 242 valence electrons. The van der Waals surface area contributed by atoms with Gasteiger partial charge in [-0.3, -0.25) is 0 Å². The maximum absolute atomic E-state index is 2.27. The largest absolute Gasteiger partial charge is 0.344 e. The van der Waals surface area contributed by atoms with Gasteiger partial charge in [-0.1, -0.05) is 59.7 Å². The highest BCUT2D eigenvalue weighted by Crippen LogP contribution is 2.32. The van der Waals surface area contributed by atoms with Crippen LogP contribution in [0.3, 0.4) is 0 Å². The fourth-order valence-electron chi connectivity index (χ4n) is 6.91. The quantitative estimate of drug-likeness (QED) is 0.160. The lowest BCUT2D eigenvalue weighted by molar-refractivity contribution is -0.567. The van der Waals surface area contributed by atoms with Gasteiger partial charge in [0.1, 0.15) is 0 Å². The molecule has 50 heavy (non-hydrogen) atoms. The second-order valence-electron chi connectivity index (χ2n) is 13.1. The van der Waals surface area contributed by atoms with Gasteiger partial charge in [0.15, 0.2) is 12.4 Å². The van der Waals surface area contributed by atoms with E-state index in [1.54, 1.807) is 0 Å². The summed E-state index contributed by atoms with van der Waals surface area (Å²) in [6.45, 7) is 4.25. The Kier molecular flexibility index (Phi) is 8.06. The van der Waals surface area contributed by atoms with Crippen molar-refractivity contribution in [1.82, 2.24) is 0 Å². The molecule has 0 aliphatic rings. The molecule has 8 aromatic rings. The van der Waals surface area contributed by atoms with Gasteiger partial charge in [-0.15, -0.1) is 0 Å². The molecule has 6 aromatic carbocycles. The van der Waals surface area contributed by atoms with Crippen LogP contribution < -0.4 is 18.9 Å². The molecule has 0 aliphatic carbocycles. The Morgan fingerprint density at radius 2 is 0.740 bits per heavy atom. The van der Waals surface area contributed by atoms with E-state index < -0.39 is 0 Å². The number of aromatic nitrogens is 2. The maximum atomic E-state index is 2.27. The lowest BCUT2D eigenvalue weighted by Crippen LogP contribution is -2.31. The molecule has 0 radical (unpaired) electrons. The molecule has 0 saturated heterocycles. The standard InChI is InChI=1S/C46H40N4/c1-33-13-21-37(22-14-33)47(3)43-29-31-49(45-11-7-5-9-41(43)45)39-25-17-35(18-26-39)36-19-27-40(28-20-36)50-32-30-44(42-10-6-8-12-46(42)50)48(4)38-23-15-34(2)16-24-38/h5-32H,1-4H3/q+2. The van der Waals surface area contributed by atoms with Crippen LogP contribution in [0.15, 0.2) is 170 Å². The first-order chi connectivity index (χ1) is 24.4. The number of hydrogen-bond acceptors (Lipinski definition) is 2. The van der Waals surface area contributed by atoms with Crippen molar-refractivity contribution >= 4 is 44.6 Å². The Morgan fingerprint density at radius 3 is 1.12 bits per heavy atom. The Morgan fingerprint density at radius 1 is 0.380 bits per heavy atom. The van der Waals surface area contributed by atoms with E-state index in [1.165, 1.54) is 66.8 Å². The number of benzene rings is 6. The zero-order valence-corrected chi connectivity index (χ0v) is 29.0. The van der Waals surface area contributed by atoms with E-state index in [2.05, 4.69) is 217 Å². The van der Waals surface area contributed by atoms with Crippen LogP contribution in [-0.2, 0) is 0 Å². The number of aryl methyl sites for hydroxylation is 2. The van der Waals surface area contributed by atoms with E-state index in [0.717, 1.165) is 11.4 Å². The molecule has 2 heterocycles. The van der Waals surface area contributed by atoms with Crippen molar-refractivity contribution < 1.29 is 9.13 Å². The summed E-state index contributed by atoms with van der Waals surface area (Å²) in [5.74, 6) is 0. The Hall–Kier alpha value is -6.26. The first-order valence-electron chi connectivity index (χ1n) is 17.1. The zero-order valence-electron chi connectivity index (χ0n) is 29.0. The van der Waals surface area contributed by atoms with Gasteiger partial charge < -0.3 is 9.80 Å². The molecule has 2 aromatic heterocycles. The van der Waals surface area contributed by atoms with Crippen LogP contribution in [0.5, 0.6) is 0 Å². The van der Waals surface area contributed by atoms with Gasteiger partial charge in [0.2, 0.25) is 22.4 Å². The van der Waals surface area contributed by atoms with Crippen molar-refractivity contribution in [2.45, 2.75) is 13.8 Å². The number of anilines is 4. The second kappa shape index (κ2) is 13.0. The fraction of sp³-hybridized carbons (Fsp3) is 0.0870. The SMILES string of the molecule is Cc1ccc(N(C)c2cc[n+](-c3ccc(-c4ccc(-[n+]5ccc(N(C)c6ccc(C)cc6)c6ccccc65)cc4)cc3)c3ccccc23)cc1. The Balaban J connectivity index is 1.07. The summed E-state index contributed by atoms with van der Waals surface area (Å²) in [5, 5.41) is 2.41. The molecule has 8 rings (SSSR count). The third-order valence-corrected chi connectivity index (χ3v) is 9.83. The fourth-order valence-corrected chi connectivity index (χ4v) is 6.91. The molecule has 0 unspecified atom stereocenters. The predicted molar refractivity (Wildman–Crippen MR) is 208 cm³/mol. The van der Waals surface area contributed by atoms with Gasteiger partial charge in [-0.05, 0) is 85.6 Å². The molecule has 4 heteroatoms. The van der Waals surface area contributed by atoms with Gasteiger partial charge in [-0.2, -0.15) is 9.13 Å². The summed E-state index contributed by atoms with van der Waals surface area (Å²) in [6.07, 6.45) is 4.36. The molecular weight excluding hydrogens is 609 g/mol. The molecule has 0 bridgehead atoms. The smallest absolute Gasteiger partial charge is 0.220 e. The molecule has 0 saturated carbocycles. The monoisotopic (exact) mass is 648 g/mol. The van der Waals surface area contributed by atoms with Crippen molar-refractivity contribution in [2.75, 3.05) is 23.9 Å². The first kappa shape index (κ1) is 31.0. The van der Waals surface area contributed by atoms with Crippen LogP contribution in [0.2, 0.25) is 0 Å². The Labute approximate surface area is 294 Å². The van der Waals surface area contributed by atoms with Gasteiger partial charge in [0.25, 0.3) is 0 Å². The second-order valence-corrected chi connectivity index (χ2v) is 13.1. The zero-order chi connectivity index (χ0) is 34.2. The van der Waals surface area contributed by atoms with Gasteiger partial charge in [-0.25, -0.2) is 0 Å². The molecular formula is C46H40N4+2. The number of rotatable bonds is 7. The maximum Gasteiger partial charge on any atom is 0.220 e. The molecule has 0 N–H and O–H groups in total. The van der Waals surface area contributed by atoms with Gasteiger partial charge in [0, 0.05) is 74.0 Å². The van der Waals surface area contributed by atoms with E-state index in [4.69, 9.17) is 0 Å². The number of para-hydroxylation sites is 2. The highest BCUT2D eigenvalue weighted by atomic mass is 15.1. The van der Waals surface area contributed by atoms with Crippen molar-refractivity contribution in [3.8, 4) is 22.5 Å². The Bertz CT molecular complexity index is 2270. The van der Waals surface area contributed by atoms with Crippen LogP contribution in [-0.4, -0.2) is 14.1 Å². The predicted octanol–water partition coefficient (Wildman–Crippen LogP) is 10.4. The molecule has 4 nitrogen and oxygen atoms in total. The van der Waals surface area contributed by atoms with E-state index in [-0.39, 0.29) is 0 Å². The summed E-state index contributed by atoms with van der Waals surface area (Å²) >= 11 is 0. The van der Waals surface area contributed by atoms with Crippen LogP contribution in [0.4, 0.5) is 22.7 Å². The summed E-state index contributed by atoms with van der Waals surface area (Å²) in [5.41, 5.74) is 14.2. The average molecular weight is 649 g/mol. The molecule has 0 spiro atoms. The minimum atomic E-state index is 1.13. The summed E-state index contributed by atoms with van der Waals surface area (Å²) in [6, 6.07) is 56.8. The van der Waals surface area contributed by atoms with E-state index in [0.29, 0.717) is 0 Å². The van der Waals surface area contributed by atoms with Crippen molar-refractivity contribution in [1.29, 1.82) is 0 Å². The van der Waals surface area contributed by atoms with Crippen LogP contribution in [0.25, 0.3) is 44.3 Å². The topological polar surface area (TPSA) is 14.2 Å². The first-order valence-corrected chi connectivity index (χ1v) is 17.1. The average Bonchev–Trinajstić information content (AvgIpc) is 3.17. The van der Waals surface area contributed by atoms with Crippen molar-refractivity contribution in [3.63, 3.8) is 0 Å². The molecule has 0 amide bonds. The molecule has 0 atom stereocenters. The highest BCUT2D eigenvalue weighted by Gasteiger charge is 2.20. The van der Waals surface area contributed by atoms with Gasteiger partial charge >= 0.3 is 0 Å². The lowest BCUT2D eigenvalue weighted by Gasteiger charge is -2.21. The third kappa shape index (κ3) is 5.75. The number of pyridine rings is 2. The minimum Gasteiger partial charge on any atom is -0.344 e.